The van der Waals surface area contributed by atoms with Crippen LogP contribution in [0.2, 0.25) is 0 Å². The van der Waals surface area contributed by atoms with Gasteiger partial charge in [-0.1, -0.05) is 276 Å². The maximum Gasteiger partial charge on any atom is 0.166 e. The number of fused-ring (bicyclic) bond motifs is 14. The number of para-hydroxylation sites is 2. The molecule has 2 aliphatic carbocycles. The van der Waals surface area contributed by atoms with Gasteiger partial charge in [-0.15, -0.1) is 0 Å². The highest BCUT2D eigenvalue weighted by Crippen LogP contribution is 2.56. The van der Waals surface area contributed by atoms with Crippen LogP contribution in [0.1, 0.15) is 49.9 Å². The minimum absolute atomic E-state index is 0.250. The zero-order valence-electron chi connectivity index (χ0n) is 54.4. The molecule has 98 heavy (non-hydrogen) atoms. The van der Waals surface area contributed by atoms with Gasteiger partial charge in [-0.05, 0) is 121 Å². The summed E-state index contributed by atoms with van der Waals surface area (Å²) < 4.78 is 4.88. The first-order chi connectivity index (χ1) is 48.1. The van der Waals surface area contributed by atoms with Crippen LogP contribution in [0, 0.1) is 0 Å². The van der Waals surface area contributed by atoms with Crippen molar-refractivity contribution in [2.24, 2.45) is 0 Å². The van der Waals surface area contributed by atoms with Crippen LogP contribution < -0.4 is 0 Å². The molecule has 19 rings (SSSR count). The third kappa shape index (κ3) is 8.84. The van der Waals surface area contributed by atoms with E-state index in [4.69, 9.17) is 29.9 Å². The van der Waals surface area contributed by atoms with Crippen LogP contribution in [-0.2, 0) is 10.8 Å². The van der Waals surface area contributed by atoms with Crippen molar-refractivity contribution in [2.45, 2.75) is 38.5 Å². The molecule has 0 saturated heterocycles. The molecule has 0 bridgehead atoms. The molecular formula is C90H62N8. The van der Waals surface area contributed by atoms with Crippen molar-refractivity contribution in [1.29, 1.82) is 0 Å². The lowest BCUT2D eigenvalue weighted by molar-refractivity contribution is 0.666. The molecule has 462 valence electrons. The average molecular weight is 1260 g/mol. The van der Waals surface area contributed by atoms with Gasteiger partial charge in [0.25, 0.3) is 0 Å². The maximum absolute atomic E-state index is 5.47. The molecule has 17 aromatic rings. The SMILES string of the molecule is CC1(C)c2ccccc2-c2ccc3c(c21)c1ccccc1n3-c1ccc(-c2cccc(-c3ccc(-n4c5ccccc5c5c6c(ccc54)-c4ccccc4C6(C)C)c(-c4nc(-c5ccccc5)nc(-c5ccccc5)n4)c3)c2)cc1-c1nc(-c2ccccc2)nc(-c2ccccc2)n1. The molecule has 4 aromatic heterocycles. The Morgan fingerprint density at radius 1 is 0.224 bits per heavy atom. The predicted molar refractivity (Wildman–Crippen MR) is 401 cm³/mol. The maximum atomic E-state index is 5.47. The minimum Gasteiger partial charge on any atom is -0.308 e. The third-order valence-electron chi connectivity index (χ3n) is 20.6. The van der Waals surface area contributed by atoms with Gasteiger partial charge in [-0.25, -0.2) is 29.9 Å². The van der Waals surface area contributed by atoms with Crippen molar-refractivity contribution < 1.29 is 0 Å². The van der Waals surface area contributed by atoms with Crippen molar-refractivity contribution in [3.8, 4) is 124 Å². The number of nitrogens with zero attached hydrogens (tertiary/aromatic N) is 8. The second-order valence-corrected chi connectivity index (χ2v) is 26.9. The monoisotopic (exact) mass is 1250 g/mol. The molecule has 4 heterocycles. The van der Waals surface area contributed by atoms with Gasteiger partial charge in [-0.3, -0.25) is 0 Å². The molecule has 0 aliphatic heterocycles. The van der Waals surface area contributed by atoms with Crippen LogP contribution >= 0.6 is 0 Å². The van der Waals surface area contributed by atoms with Gasteiger partial charge in [0.05, 0.1) is 33.4 Å². The number of aromatic nitrogens is 8. The molecule has 0 unspecified atom stereocenters. The van der Waals surface area contributed by atoms with E-state index in [1.165, 1.54) is 66.1 Å². The highest BCUT2D eigenvalue weighted by molar-refractivity contribution is 6.16. The summed E-state index contributed by atoms with van der Waals surface area (Å²) in [5.41, 5.74) is 25.8. The Hall–Kier alpha value is -12.5. The van der Waals surface area contributed by atoms with Gasteiger partial charge >= 0.3 is 0 Å². The van der Waals surface area contributed by atoms with Crippen molar-refractivity contribution in [3.05, 3.63) is 326 Å². The van der Waals surface area contributed by atoms with Crippen molar-refractivity contribution in [1.82, 2.24) is 39.0 Å². The summed E-state index contributed by atoms with van der Waals surface area (Å²) in [6.07, 6.45) is 0. The van der Waals surface area contributed by atoms with Gasteiger partial charge in [0.1, 0.15) is 0 Å². The van der Waals surface area contributed by atoms with Crippen LogP contribution in [0.4, 0.5) is 0 Å². The summed E-state index contributed by atoms with van der Waals surface area (Å²) in [4.78, 5) is 32.3. The molecule has 0 atom stereocenters. The van der Waals surface area contributed by atoms with Crippen molar-refractivity contribution >= 4 is 43.6 Å². The second kappa shape index (κ2) is 22.0. The van der Waals surface area contributed by atoms with E-state index in [2.05, 4.69) is 267 Å². The van der Waals surface area contributed by atoms with E-state index in [1.807, 2.05) is 72.8 Å². The fourth-order valence-electron chi connectivity index (χ4n) is 16.1. The quantitative estimate of drug-likeness (QED) is 0.136. The van der Waals surface area contributed by atoms with Crippen molar-refractivity contribution in [3.63, 3.8) is 0 Å². The zero-order valence-corrected chi connectivity index (χ0v) is 54.4. The van der Waals surface area contributed by atoms with Crippen LogP contribution in [0.15, 0.2) is 303 Å². The lowest BCUT2D eigenvalue weighted by Gasteiger charge is -2.22. The first kappa shape index (κ1) is 57.0. The van der Waals surface area contributed by atoms with Gasteiger partial charge in [0.15, 0.2) is 34.9 Å². The average Bonchev–Trinajstić information content (AvgIpc) is 1.58. The lowest BCUT2D eigenvalue weighted by atomic mass is 9.80. The summed E-state index contributed by atoms with van der Waals surface area (Å²) in [5, 5.41) is 4.89. The predicted octanol–water partition coefficient (Wildman–Crippen LogP) is 22.2. The second-order valence-electron chi connectivity index (χ2n) is 26.9. The fraction of sp³-hybridized carbons (Fsp3) is 0.0667. The number of benzene rings is 13. The summed E-state index contributed by atoms with van der Waals surface area (Å²) in [6, 6.07) is 108. The number of hydrogen-bond acceptors (Lipinski definition) is 6. The van der Waals surface area contributed by atoms with E-state index in [-0.39, 0.29) is 10.8 Å². The Balaban J connectivity index is 0.832. The van der Waals surface area contributed by atoms with Gasteiger partial charge in [-0.2, -0.15) is 0 Å². The van der Waals surface area contributed by atoms with E-state index in [9.17, 15) is 0 Å². The standard InChI is InChI=1S/C90H62N8/c1-89(2)71-40-21-17-36-63(71)65-46-50-77-79(81(65)89)67-38-19-23-42-73(67)97(77)75-48-44-61(53-69(75)87-93-83(55-26-9-5-10-27-55)91-84(94-87)56-28-11-6-12-29-56)59-34-25-35-60(52-59)62-45-49-76(70(54-62)88-95-85(57-30-13-7-14-31-57)92-86(96-88)58-32-15-8-16-33-58)98-74-43-24-20-39-68(74)80-78(98)51-47-66-64-37-18-22-41-72(64)90(3,4)82(66)80/h5-54H,1-4H3. The Bertz CT molecular complexity index is 5620. The summed E-state index contributed by atoms with van der Waals surface area (Å²) >= 11 is 0. The van der Waals surface area contributed by atoms with E-state index in [0.717, 1.165) is 89.1 Å². The molecule has 8 nitrogen and oxygen atoms in total. The molecule has 2 aliphatic rings. The first-order valence-electron chi connectivity index (χ1n) is 33.6. The molecule has 0 radical (unpaired) electrons. The molecule has 0 saturated carbocycles. The molecular weight excluding hydrogens is 1190 g/mol. The van der Waals surface area contributed by atoms with Gasteiger partial charge in [0.2, 0.25) is 0 Å². The first-order valence-corrected chi connectivity index (χ1v) is 33.6. The molecule has 0 N–H and O–H groups in total. The fourth-order valence-corrected chi connectivity index (χ4v) is 16.1. The molecule has 0 spiro atoms. The lowest BCUT2D eigenvalue weighted by Crippen LogP contribution is -2.15. The van der Waals surface area contributed by atoms with Crippen LogP contribution in [0.5, 0.6) is 0 Å². The number of hydrogen-bond donors (Lipinski definition) is 0. The highest BCUT2D eigenvalue weighted by atomic mass is 15.1. The molecule has 8 heteroatoms. The van der Waals surface area contributed by atoms with Gasteiger partial charge < -0.3 is 9.13 Å². The smallest absolute Gasteiger partial charge is 0.166 e. The largest absolute Gasteiger partial charge is 0.308 e. The topological polar surface area (TPSA) is 87.2 Å². The van der Waals surface area contributed by atoms with E-state index < -0.39 is 0 Å². The zero-order chi connectivity index (χ0) is 65.4. The summed E-state index contributed by atoms with van der Waals surface area (Å²) in [6.45, 7) is 9.50. The Morgan fingerprint density at radius 3 is 0.929 bits per heavy atom. The Kier molecular flexibility index (Phi) is 12.8. The molecule has 13 aromatic carbocycles. The normalized spacial score (nSPS) is 13.3. The number of rotatable bonds is 10. The van der Waals surface area contributed by atoms with E-state index in [1.54, 1.807) is 0 Å². The van der Waals surface area contributed by atoms with Crippen molar-refractivity contribution in [2.75, 3.05) is 0 Å². The minimum atomic E-state index is -0.250. The third-order valence-corrected chi connectivity index (χ3v) is 20.6. The highest BCUT2D eigenvalue weighted by Gasteiger charge is 2.40. The van der Waals surface area contributed by atoms with Crippen LogP contribution in [-0.4, -0.2) is 39.0 Å². The molecule has 0 amide bonds. The summed E-state index contributed by atoms with van der Waals surface area (Å²) in [7, 11) is 0. The van der Waals surface area contributed by atoms with Gasteiger partial charge in [0, 0.05) is 65.8 Å². The van der Waals surface area contributed by atoms with Crippen LogP contribution in [0.25, 0.3) is 168 Å². The van der Waals surface area contributed by atoms with E-state index >= 15 is 0 Å². The Labute approximate surface area is 567 Å². The van der Waals surface area contributed by atoms with E-state index in [0.29, 0.717) is 34.9 Å². The van der Waals surface area contributed by atoms with Crippen LogP contribution in [0.3, 0.4) is 0 Å². The summed E-state index contributed by atoms with van der Waals surface area (Å²) in [5.74, 6) is 3.50. The molecule has 0 fully saturated rings. The Morgan fingerprint density at radius 2 is 0.541 bits per heavy atom.